The van der Waals surface area contributed by atoms with E-state index in [1.165, 1.54) is 0 Å². The Hall–Kier alpha value is -3.15. The zero-order valence-electron chi connectivity index (χ0n) is 16.6. The van der Waals surface area contributed by atoms with E-state index < -0.39 is 6.04 Å². The van der Waals surface area contributed by atoms with Crippen LogP contribution in [0.2, 0.25) is 0 Å². The molecule has 3 rings (SSSR count). The highest BCUT2D eigenvalue weighted by Crippen LogP contribution is 2.16. The van der Waals surface area contributed by atoms with Gasteiger partial charge in [-0.25, -0.2) is 4.98 Å². The summed E-state index contributed by atoms with van der Waals surface area (Å²) >= 11 is 0. The van der Waals surface area contributed by atoms with E-state index in [9.17, 15) is 9.59 Å². The number of H-pyrrole nitrogens is 1. The van der Waals surface area contributed by atoms with Gasteiger partial charge in [-0.1, -0.05) is 44.2 Å². The number of amides is 2. The van der Waals surface area contributed by atoms with Gasteiger partial charge in [-0.05, 0) is 43.5 Å². The number of imidazole rings is 1. The first-order valence-electron chi connectivity index (χ1n) is 9.48. The number of hydrogen-bond acceptors (Lipinski definition) is 3. The lowest BCUT2D eigenvalue weighted by atomic mass is 10.0. The van der Waals surface area contributed by atoms with Crippen molar-refractivity contribution in [1.82, 2.24) is 20.6 Å². The number of hydrogen-bond donors (Lipinski definition) is 3. The standard InChI is InChI=1S/C22H26N4O2/c1-13(2)19(26-21(27)16-10-6-5-9-14(16)3)22(28)23-15(4)20-24-17-11-7-8-12-18(17)25-20/h5-13,15,19H,1-4H3,(H,23,28)(H,24,25)(H,26,27). The smallest absolute Gasteiger partial charge is 0.252 e. The van der Waals surface area contributed by atoms with Crippen molar-refractivity contribution in [1.29, 1.82) is 0 Å². The predicted molar refractivity (Wildman–Crippen MR) is 110 cm³/mol. The Balaban J connectivity index is 1.72. The number of rotatable bonds is 6. The molecule has 3 N–H and O–H groups in total. The van der Waals surface area contributed by atoms with Crippen molar-refractivity contribution in [2.24, 2.45) is 5.92 Å². The van der Waals surface area contributed by atoms with E-state index in [4.69, 9.17) is 0 Å². The van der Waals surface area contributed by atoms with Gasteiger partial charge in [-0.15, -0.1) is 0 Å². The van der Waals surface area contributed by atoms with Gasteiger partial charge in [-0.3, -0.25) is 9.59 Å². The highest BCUT2D eigenvalue weighted by Gasteiger charge is 2.27. The van der Waals surface area contributed by atoms with Crippen LogP contribution in [-0.2, 0) is 4.79 Å². The molecular formula is C22H26N4O2. The molecule has 6 nitrogen and oxygen atoms in total. The first kappa shape index (κ1) is 19.6. The van der Waals surface area contributed by atoms with Crippen LogP contribution in [0, 0.1) is 12.8 Å². The number of fused-ring (bicyclic) bond motifs is 1. The van der Waals surface area contributed by atoms with Crippen molar-refractivity contribution in [2.75, 3.05) is 0 Å². The Morgan fingerprint density at radius 1 is 0.964 bits per heavy atom. The van der Waals surface area contributed by atoms with E-state index >= 15 is 0 Å². The second-order valence-corrected chi connectivity index (χ2v) is 7.38. The molecular weight excluding hydrogens is 352 g/mol. The van der Waals surface area contributed by atoms with Gasteiger partial charge in [-0.2, -0.15) is 0 Å². The van der Waals surface area contributed by atoms with Gasteiger partial charge in [0, 0.05) is 5.56 Å². The van der Waals surface area contributed by atoms with Crippen molar-refractivity contribution in [3.8, 4) is 0 Å². The maximum atomic E-state index is 12.9. The molecule has 6 heteroatoms. The molecule has 0 saturated heterocycles. The summed E-state index contributed by atoms with van der Waals surface area (Å²) in [5.74, 6) is 0.145. The fourth-order valence-electron chi connectivity index (χ4n) is 3.13. The molecule has 2 aromatic carbocycles. The van der Waals surface area contributed by atoms with Crippen molar-refractivity contribution >= 4 is 22.8 Å². The van der Waals surface area contributed by atoms with E-state index in [1.54, 1.807) is 6.07 Å². The lowest BCUT2D eigenvalue weighted by Gasteiger charge is -2.24. The summed E-state index contributed by atoms with van der Waals surface area (Å²) in [7, 11) is 0. The van der Waals surface area contributed by atoms with Gasteiger partial charge >= 0.3 is 0 Å². The number of carbonyl (C=O) groups is 2. The summed E-state index contributed by atoms with van der Waals surface area (Å²) in [5.41, 5.74) is 3.23. The monoisotopic (exact) mass is 378 g/mol. The first-order chi connectivity index (χ1) is 13.4. The van der Waals surface area contributed by atoms with E-state index in [2.05, 4.69) is 20.6 Å². The molecule has 2 unspecified atom stereocenters. The van der Waals surface area contributed by atoms with E-state index in [1.807, 2.05) is 70.2 Å². The molecule has 1 heterocycles. The number of para-hydroxylation sites is 2. The van der Waals surface area contributed by atoms with E-state index in [-0.39, 0.29) is 23.8 Å². The van der Waals surface area contributed by atoms with Gasteiger partial charge in [0.05, 0.1) is 17.1 Å². The minimum atomic E-state index is -0.640. The van der Waals surface area contributed by atoms with Crippen LogP contribution in [0.1, 0.15) is 48.6 Å². The Kier molecular flexibility index (Phi) is 5.78. The van der Waals surface area contributed by atoms with Crippen LogP contribution >= 0.6 is 0 Å². The molecule has 0 aliphatic rings. The van der Waals surface area contributed by atoms with Gasteiger partial charge < -0.3 is 15.6 Å². The van der Waals surface area contributed by atoms with Gasteiger partial charge in [0.25, 0.3) is 5.91 Å². The second-order valence-electron chi connectivity index (χ2n) is 7.38. The maximum Gasteiger partial charge on any atom is 0.252 e. The summed E-state index contributed by atoms with van der Waals surface area (Å²) in [6.07, 6.45) is 0. The summed E-state index contributed by atoms with van der Waals surface area (Å²) in [6, 6.07) is 14.1. The molecule has 0 radical (unpaired) electrons. The molecule has 0 aliphatic heterocycles. The lowest BCUT2D eigenvalue weighted by molar-refractivity contribution is -0.124. The summed E-state index contributed by atoms with van der Waals surface area (Å²) < 4.78 is 0. The molecule has 0 bridgehead atoms. The number of nitrogens with one attached hydrogen (secondary N) is 3. The molecule has 2 amide bonds. The zero-order valence-corrected chi connectivity index (χ0v) is 16.6. The zero-order chi connectivity index (χ0) is 20.3. The molecule has 3 aromatic rings. The molecule has 0 saturated carbocycles. The number of nitrogens with zero attached hydrogens (tertiary/aromatic N) is 1. The third-order valence-corrected chi connectivity index (χ3v) is 4.80. The Labute approximate surface area is 164 Å². The molecule has 0 fully saturated rings. The second kappa shape index (κ2) is 8.25. The number of carbonyl (C=O) groups excluding carboxylic acids is 2. The van der Waals surface area contributed by atoms with Crippen molar-refractivity contribution in [3.63, 3.8) is 0 Å². The van der Waals surface area contributed by atoms with Gasteiger partial charge in [0.1, 0.15) is 11.9 Å². The van der Waals surface area contributed by atoms with Crippen LogP contribution in [0.25, 0.3) is 11.0 Å². The third-order valence-electron chi connectivity index (χ3n) is 4.80. The SMILES string of the molecule is Cc1ccccc1C(=O)NC(C(=O)NC(C)c1nc2ccccc2[nH]1)C(C)C. The lowest BCUT2D eigenvalue weighted by Crippen LogP contribution is -2.50. The van der Waals surface area contributed by atoms with Crippen molar-refractivity contribution < 1.29 is 9.59 Å². The summed E-state index contributed by atoms with van der Waals surface area (Å²) in [6.45, 7) is 7.57. The normalized spacial score (nSPS) is 13.3. The topological polar surface area (TPSA) is 86.9 Å². The number of benzene rings is 2. The van der Waals surface area contributed by atoms with Crippen LogP contribution in [0.4, 0.5) is 0 Å². The third kappa shape index (κ3) is 4.22. The van der Waals surface area contributed by atoms with E-state index in [0.29, 0.717) is 11.4 Å². The highest BCUT2D eigenvalue weighted by molar-refractivity contribution is 5.98. The van der Waals surface area contributed by atoms with Crippen LogP contribution in [0.15, 0.2) is 48.5 Å². The molecule has 1 aromatic heterocycles. The van der Waals surface area contributed by atoms with Crippen molar-refractivity contribution in [3.05, 3.63) is 65.5 Å². The Morgan fingerprint density at radius 3 is 2.32 bits per heavy atom. The fourth-order valence-corrected chi connectivity index (χ4v) is 3.13. The first-order valence-corrected chi connectivity index (χ1v) is 9.48. The highest BCUT2D eigenvalue weighted by atomic mass is 16.2. The van der Waals surface area contributed by atoms with Crippen LogP contribution in [-0.4, -0.2) is 27.8 Å². The number of aromatic amines is 1. The average molecular weight is 378 g/mol. The van der Waals surface area contributed by atoms with Crippen molar-refractivity contribution in [2.45, 2.75) is 39.8 Å². The minimum Gasteiger partial charge on any atom is -0.345 e. The molecule has 28 heavy (non-hydrogen) atoms. The quantitative estimate of drug-likeness (QED) is 0.613. The molecule has 2 atom stereocenters. The number of aryl methyl sites for hydroxylation is 1. The minimum absolute atomic E-state index is 0.0594. The summed E-state index contributed by atoms with van der Waals surface area (Å²) in [5, 5.41) is 5.84. The summed E-state index contributed by atoms with van der Waals surface area (Å²) in [4.78, 5) is 33.3. The van der Waals surface area contributed by atoms with Crippen LogP contribution in [0.3, 0.4) is 0 Å². The maximum absolute atomic E-state index is 12.9. The Bertz CT molecular complexity index is 960. The largest absolute Gasteiger partial charge is 0.345 e. The molecule has 0 spiro atoms. The Morgan fingerprint density at radius 2 is 1.64 bits per heavy atom. The van der Waals surface area contributed by atoms with Gasteiger partial charge in [0.2, 0.25) is 5.91 Å². The number of aromatic nitrogens is 2. The van der Waals surface area contributed by atoms with Gasteiger partial charge in [0.15, 0.2) is 0 Å². The average Bonchev–Trinajstić information content (AvgIpc) is 3.10. The fraction of sp³-hybridized carbons (Fsp3) is 0.318. The van der Waals surface area contributed by atoms with Crippen LogP contribution in [0.5, 0.6) is 0 Å². The molecule has 146 valence electrons. The van der Waals surface area contributed by atoms with E-state index in [0.717, 1.165) is 16.6 Å². The predicted octanol–water partition coefficient (Wildman–Crippen LogP) is 3.50. The van der Waals surface area contributed by atoms with Crippen LogP contribution < -0.4 is 10.6 Å². The molecule has 0 aliphatic carbocycles.